The van der Waals surface area contributed by atoms with E-state index in [0.29, 0.717) is 0 Å². The standard InChI is InChI=1S/2C22H40O4.2K/c2*1-2-3-4-5-6-7-8-9-10-11-12-13-14-15-16-17-20-26-22(25)19-18-21(23)24;;/h2*17,20H,2-16,18-19H2,1H3,(H,23,24);;/q;;2*+1/p-2. The Labute approximate surface area is 416 Å². The third-order valence-electron chi connectivity index (χ3n) is 9.11. The predicted octanol–water partition coefficient (Wildman–Crippen LogP) is 4.90. The Morgan fingerprint density at radius 3 is 0.815 bits per heavy atom. The minimum absolute atomic E-state index is 0. The molecule has 54 heavy (non-hydrogen) atoms. The van der Waals surface area contributed by atoms with Crippen molar-refractivity contribution in [2.24, 2.45) is 0 Å². The van der Waals surface area contributed by atoms with Crippen LogP contribution in [0.1, 0.15) is 232 Å². The van der Waals surface area contributed by atoms with Gasteiger partial charge in [-0.25, -0.2) is 0 Å². The van der Waals surface area contributed by atoms with E-state index in [0.717, 1.165) is 25.7 Å². The number of carboxylic acids is 2. The summed E-state index contributed by atoms with van der Waals surface area (Å²) in [6, 6.07) is 0. The van der Waals surface area contributed by atoms with E-state index in [1.807, 2.05) is 12.2 Å². The van der Waals surface area contributed by atoms with E-state index >= 15 is 0 Å². The van der Waals surface area contributed by atoms with Gasteiger partial charge in [0.1, 0.15) is 0 Å². The zero-order valence-electron chi connectivity index (χ0n) is 35.6. The molecule has 0 atom stereocenters. The third-order valence-corrected chi connectivity index (χ3v) is 9.11. The van der Waals surface area contributed by atoms with Crippen LogP contribution in [-0.4, -0.2) is 23.9 Å². The van der Waals surface area contributed by atoms with Crippen LogP contribution in [0.4, 0.5) is 0 Å². The van der Waals surface area contributed by atoms with Gasteiger partial charge in [-0.05, 0) is 50.7 Å². The van der Waals surface area contributed by atoms with E-state index in [1.165, 1.54) is 179 Å². The summed E-state index contributed by atoms with van der Waals surface area (Å²) >= 11 is 0. The fraction of sp³-hybridized carbons (Fsp3) is 0.818. The molecule has 0 heterocycles. The van der Waals surface area contributed by atoms with Crippen molar-refractivity contribution in [1.82, 2.24) is 0 Å². The zero-order valence-corrected chi connectivity index (χ0v) is 41.9. The molecule has 0 unspecified atom stereocenters. The number of carboxylic acid groups (broad SMARTS) is 2. The molecule has 0 aliphatic carbocycles. The predicted molar refractivity (Wildman–Crippen MR) is 209 cm³/mol. The van der Waals surface area contributed by atoms with Crippen LogP contribution in [-0.2, 0) is 28.7 Å². The second-order valence-corrected chi connectivity index (χ2v) is 14.2. The molecule has 0 spiro atoms. The van der Waals surface area contributed by atoms with Crippen LogP contribution in [0.3, 0.4) is 0 Å². The molecule has 0 aliphatic rings. The monoisotopic (exact) mass is 812 g/mol. The van der Waals surface area contributed by atoms with Gasteiger partial charge in [-0.3, -0.25) is 9.59 Å². The number of hydrogen-bond acceptors (Lipinski definition) is 8. The summed E-state index contributed by atoms with van der Waals surface area (Å²) in [4.78, 5) is 42.7. The summed E-state index contributed by atoms with van der Waals surface area (Å²) < 4.78 is 9.60. The quantitative estimate of drug-likeness (QED) is 0.0373. The van der Waals surface area contributed by atoms with Crippen molar-refractivity contribution in [2.45, 2.75) is 232 Å². The van der Waals surface area contributed by atoms with Gasteiger partial charge in [0.2, 0.25) is 0 Å². The number of aliphatic carboxylic acids is 2. The molecule has 0 aromatic rings. The summed E-state index contributed by atoms with van der Waals surface area (Å²) in [6.45, 7) is 4.53. The van der Waals surface area contributed by atoms with E-state index in [2.05, 4.69) is 13.8 Å². The molecule has 0 amide bonds. The van der Waals surface area contributed by atoms with Gasteiger partial charge in [0, 0.05) is 11.9 Å². The SMILES string of the molecule is CCCCCCCCCCCCCCCCC=COC(=O)CCC(=O)[O-].CCCCCCCCCCCCCCCCC=COC(=O)CCC(=O)[O-].[K+].[K+]. The Kier molecular flexibility index (Phi) is 60.9. The number of rotatable bonds is 38. The van der Waals surface area contributed by atoms with Crippen molar-refractivity contribution < 1.29 is 142 Å². The van der Waals surface area contributed by atoms with Crippen LogP contribution in [0.25, 0.3) is 0 Å². The Hall–Kier alpha value is 0.633. The number of esters is 2. The van der Waals surface area contributed by atoms with Gasteiger partial charge < -0.3 is 29.3 Å². The van der Waals surface area contributed by atoms with Crippen molar-refractivity contribution in [2.75, 3.05) is 0 Å². The number of ether oxygens (including phenoxy) is 2. The van der Waals surface area contributed by atoms with Crippen LogP contribution in [0.15, 0.2) is 24.7 Å². The first-order chi connectivity index (χ1) is 25.3. The van der Waals surface area contributed by atoms with Gasteiger partial charge in [0.25, 0.3) is 0 Å². The summed E-state index contributed by atoms with van der Waals surface area (Å²) in [6.07, 6.45) is 45.0. The average Bonchev–Trinajstić information content (AvgIpc) is 3.12. The number of carbonyl (C=O) groups excluding carboxylic acids is 4. The molecule has 0 saturated heterocycles. The molecule has 0 saturated carbocycles. The van der Waals surface area contributed by atoms with Crippen LogP contribution in [0, 0.1) is 0 Å². The molecular formula is C44H78K2O8. The van der Waals surface area contributed by atoms with Crippen LogP contribution < -0.4 is 113 Å². The molecule has 0 bridgehead atoms. The van der Waals surface area contributed by atoms with E-state index in [-0.39, 0.29) is 128 Å². The topological polar surface area (TPSA) is 133 Å². The Morgan fingerprint density at radius 2 is 0.593 bits per heavy atom. The molecule has 0 fully saturated rings. The van der Waals surface area contributed by atoms with E-state index in [4.69, 9.17) is 9.47 Å². The Bertz CT molecular complexity index is 809. The first-order valence-corrected chi connectivity index (χ1v) is 21.4. The summed E-state index contributed by atoms with van der Waals surface area (Å²) in [7, 11) is 0. The smallest absolute Gasteiger partial charge is 0.550 e. The van der Waals surface area contributed by atoms with Crippen LogP contribution >= 0.6 is 0 Å². The first-order valence-electron chi connectivity index (χ1n) is 21.4. The average molecular weight is 813 g/mol. The summed E-state index contributed by atoms with van der Waals surface area (Å²) in [5, 5.41) is 20.4. The second-order valence-electron chi connectivity index (χ2n) is 14.2. The number of hydrogen-bond donors (Lipinski definition) is 0. The fourth-order valence-corrected chi connectivity index (χ4v) is 5.82. The van der Waals surface area contributed by atoms with Gasteiger partial charge in [0.05, 0.1) is 25.4 Å². The maximum atomic E-state index is 11.1. The molecule has 0 rings (SSSR count). The molecular weight excluding hydrogens is 735 g/mol. The normalized spacial score (nSPS) is 10.7. The van der Waals surface area contributed by atoms with Crippen LogP contribution in [0.2, 0.25) is 0 Å². The van der Waals surface area contributed by atoms with Gasteiger partial charge >= 0.3 is 115 Å². The van der Waals surface area contributed by atoms with Crippen molar-refractivity contribution in [3.63, 3.8) is 0 Å². The largest absolute Gasteiger partial charge is 1.00 e. The Balaban J connectivity index is -0.000000446. The molecule has 0 aromatic carbocycles. The van der Waals surface area contributed by atoms with Gasteiger partial charge in [-0.15, -0.1) is 0 Å². The number of allylic oxidation sites excluding steroid dienone is 2. The first kappa shape index (κ1) is 61.3. The van der Waals surface area contributed by atoms with Gasteiger partial charge in [0.15, 0.2) is 0 Å². The maximum absolute atomic E-state index is 11.1. The van der Waals surface area contributed by atoms with Gasteiger partial charge in [-0.2, -0.15) is 0 Å². The van der Waals surface area contributed by atoms with Gasteiger partial charge in [-0.1, -0.05) is 181 Å². The zero-order chi connectivity index (χ0) is 38.6. The molecule has 10 heteroatoms. The van der Waals surface area contributed by atoms with Crippen molar-refractivity contribution >= 4 is 23.9 Å². The summed E-state index contributed by atoms with van der Waals surface area (Å²) in [5.41, 5.74) is 0. The molecule has 0 N–H and O–H groups in total. The Morgan fingerprint density at radius 1 is 0.370 bits per heavy atom. The van der Waals surface area contributed by atoms with E-state index in [9.17, 15) is 29.4 Å². The second kappa shape index (κ2) is 53.6. The minimum Gasteiger partial charge on any atom is -0.550 e. The molecule has 0 aliphatic heterocycles. The third kappa shape index (κ3) is 59.3. The number of unbranched alkanes of at least 4 members (excludes halogenated alkanes) is 28. The molecule has 304 valence electrons. The minimum atomic E-state index is -1.23. The molecule has 8 nitrogen and oxygen atoms in total. The van der Waals surface area contributed by atoms with E-state index in [1.54, 1.807) is 0 Å². The molecule has 0 aromatic heterocycles. The summed E-state index contributed by atoms with van der Waals surface area (Å²) in [5.74, 6) is -3.50. The van der Waals surface area contributed by atoms with Crippen molar-refractivity contribution in [1.29, 1.82) is 0 Å². The fourth-order valence-electron chi connectivity index (χ4n) is 5.82. The van der Waals surface area contributed by atoms with E-state index < -0.39 is 23.9 Å². The maximum Gasteiger partial charge on any atom is 1.00 e. The van der Waals surface area contributed by atoms with Crippen molar-refractivity contribution in [3.8, 4) is 0 Å². The van der Waals surface area contributed by atoms with Crippen LogP contribution in [0.5, 0.6) is 0 Å². The molecule has 0 radical (unpaired) electrons. The number of carbonyl (C=O) groups is 4. The van der Waals surface area contributed by atoms with Crippen molar-refractivity contribution in [3.05, 3.63) is 24.7 Å².